The van der Waals surface area contributed by atoms with Crippen molar-refractivity contribution in [1.82, 2.24) is 14.9 Å². The molecule has 30 heavy (non-hydrogen) atoms. The van der Waals surface area contributed by atoms with Crippen molar-refractivity contribution in [3.63, 3.8) is 0 Å². The van der Waals surface area contributed by atoms with Gasteiger partial charge >= 0.3 is 0 Å². The summed E-state index contributed by atoms with van der Waals surface area (Å²) in [4.78, 5) is 5.04. The van der Waals surface area contributed by atoms with E-state index < -0.39 is 10.0 Å². The number of hydrogen-bond donors (Lipinski definition) is 2. The van der Waals surface area contributed by atoms with Crippen LogP contribution in [-0.4, -0.2) is 52.5 Å². The molecule has 7 nitrogen and oxygen atoms in total. The molecular weight excluding hydrogens is 542 g/mol. The second-order valence-corrected chi connectivity index (χ2v) is 9.97. The van der Waals surface area contributed by atoms with Crippen LogP contribution in [0.15, 0.2) is 45.6 Å². The van der Waals surface area contributed by atoms with Gasteiger partial charge in [0.25, 0.3) is 10.0 Å². The number of sulfonamides is 1. The summed E-state index contributed by atoms with van der Waals surface area (Å²) in [6, 6.07) is 9.44. The van der Waals surface area contributed by atoms with Gasteiger partial charge in [0, 0.05) is 32.1 Å². The largest absolute Gasteiger partial charge is 0.489 e. The first-order valence-corrected chi connectivity index (χ1v) is 11.4. The summed E-state index contributed by atoms with van der Waals surface area (Å²) in [5, 5.41) is 6.34. The van der Waals surface area contributed by atoms with E-state index in [9.17, 15) is 12.8 Å². The number of hydrogen-bond acceptors (Lipinski definition) is 5. The van der Waals surface area contributed by atoms with Crippen LogP contribution in [0.1, 0.15) is 18.2 Å². The number of benzene rings is 1. The normalized spacial score (nSPS) is 12.9. The van der Waals surface area contributed by atoms with Crippen LogP contribution in [0.4, 0.5) is 4.39 Å². The molecule has 2 aromatic rings. The highest BCUT2D eigenvalue weighted by Gasteiger charge is 2.19. The van der Waals surface area contributed by atoms with Crippen LogP contribution in [0.2, 0.25) is 0 Å². The fourth-order valence-corrected chi connectivity index (χ4v) is 4.84. The van der Waals surface area contributed by atoms with Gasteiger partial charge in [0.1, 0.15) is 21.9 Å². The maximum Gasteiger partial charge on any atom is 0.252 e. The first-order valence-electron chi connectivity index (χ1n) is 9.14. The quantitative estimate of drug-likeness (QED) is 0.275. The highest BCUT2D eigenvalue weighted by molar-refractivity contribution is 14.0. The Kier molecular flexibility index (Phi) is 11.0. The summed E-state index contributed by atoms with van der Waals surface area (Å²) in [6.07, 6.45) is 0.575. The van der Waals surface area contributed by atoms with Crippen LogP contribution in [0.5, 0.6) is 5.75 Å². The number of nitrogens with one attached hydrogen (secondary N) is 2. The van der Waals surface area contributed by atoms with Crippen molar-refractivity contribution in [2.45, 2.75) is 30.2 Å². The smallest absolute Gasteiger partial charge is 0.252 e. The summed E-state index contributed by atoms with van der Waals surface area (Å²) < 4.78 is 44.9. The third-order valence-electron chi connectivity index (χ3n) is 4.08. The molecule has 0 amide bonds. The molecule has 1 aromatic carbocycles. The number of nitrogens with zero attached hydrogens (tertiary/aromatic N) is 2. The lowest BCUT2D eigenvalue weighted by atomic mass is 10.2. The highest BCUT2D eigenvalue weighted by atomic mass is 127. The second kappa shape index (κ2) is 12.4. The van der Waals surface area contributed by atoms with E-state index in [1.54, 1.807) is 31.3 Å². The third kappa shape index (κ3) is 7.67. The van der Waals surface area contributed by atoms with E-state index in [1.165, 1.54) is 41.9 Å². The van der Waals surface area contributed by atoms with Gasteiger partial charge in [-0.2, -0.15) is 0 Å². The number of halogens is 2. The predicted molar refractivity (Wildman–Crippen MR) is 130 cm³/mol. The van der Waals surface area contributed by atoms with Crippen LogP contribution >= 0.6 is 35.3 Å². The molecule has 0 aliphatic carbocycles. The van der Waals surface area contributed by atoms with Gasteiger partial charge < -0.3 is 15.4 Å². The molecule has 0 aliphatic heterocycles. The van der Waals surface area contributed by atoms with Crippen LogP contribution < -0.4 is 15.4 Å². The molecule has 2 rings (SSSR count). The summed E-state index contributed by atoms with van der Waals surface area (Å²) in [5.74, 6) is 0.709. The van der Waals surface area contributed by atoms with Crippen molar-refractivity contribution in [3.05, 3.63) is 47.1 Å². The van der Waals surface area contributed by atoms with Crippen molar-refractivity contribution in [3.8, 4) is 5.75 Å². The molecule has 0 bridgehead atoms. The molecule has 0 radical (unpaired) electrons. The maximum absolute atomic E-state index is 13.3. The SMILES string of the molecule is CCC(CNC(=NC)NCc1ccc(S(=O)(=O)N(C)C)s1)Oc1cccc(F)c1.I. The Morgan fingerprint density at radius 1 is 1.27 bits per heavy atom. The van der Waals surface area contributed by atoms with Crippen molar-refractivity contribution in [2.75, 3.05) is 27.7 Å². The monoisotopic (exact) mass is 570 g/mol. The average molecular weight is 570 g/mol. The molecule has 1 heterocycles. The fourth-order valence-electron chi connectivity index (χ4n) is 2.38. The predicted octanol–water partition coefficient (Wildman–Crippen LogP) is 3.28. The highest BCUT2D eigenvalue weighted by Crippen LogP contribution is 2.23. The van der Waals surface area contributed by atoms with Gasteiger partial charge in [0.05, 0.1) is 13.1 Å². The molecule has 1 atom stereocenters. The zero-order valence-electron chi connectivity index (χ0n) is 17.4. The number of thiophene rings is 1. The molecule has 0 fully saturated rings. The van der Waals surface area contributed by atoms with Crippen molar-refractivity contribution >= 4 is 51.3 Å². The minimum Gasteiger partial charge on any atom is -0.489 e. The summed E-state index contributed by atoms with van der Waals surface area (Å²) >= 11 is 1.22. The van der Waals surface area contributed by atoms with Gasteiger partial charge in [-0.15, -0.1) is 35.3 Å². The summed E-state index contributed by atoms with van der Waals surface area (Å²) in [6.45, 7) is 2.91. The zero-order valence-corrected chi connectivity index (χ0v) is 21.3. The first kappa shape index (κ1) is 26.6. The van der Waals surface area contributed by atoms with Crippen molar-refractivity contribution in [1.29, 1.82) is 0 Å². The Morgan fingerprint density at radius 3 is 2.60 bits per heavy atom. The number of aliphatic imine (C=N–C) groups is 1. The minimum atomic E-state index is -3.42. The first-order chi connectivity index (χ1) is 13.8. The summed E-state index contributed by atoms with van der Waals surface area (Å²) in [5.41, 5.74) is 0. The standard InChI is InChI=1S/C19H27FN4O3S2.HI/c1-5-15(27-16-8-6-7-14(20)11-16)12-22-19(21-2)23-13-17-9-10-18(28-17)29(25,26)24(3)4;/h6-11,15H,5,12-13H2,1-4H3,(H2,21,22,23);1H. The maximum atomic E-state index is 13.3. The molecule has 2 N–H and O–H groups in total. The van der Waals surface area contributed by atoms with Gasteiger partial charge in [-0.25, -0.2) is 17.1 Å². The van der Waals surface area contributed by atoms with Crippen LogP contribution in [-0.2, 0) is 16.6 Å². The average Bonchev–Trinajstić information content (AvgIpc) is 3.16. The van der Waals surface area contributed by atoms with Crippen LogP contribution in [0.25, 0.3) is 0 Å². The lowest BCUT2D eigenvalue weighted by Gasteiger charge is -2.20. The summed E-state index contributed by atoms with van der Waals surface area (Å²) in [7, 11) is 1.25. The fraction of sp³-hybridized carbons (Fsp3) is 0.421. The van der Waals surface area contributed by atoms with Crippen LogP contribution in [0.3, 0.4) is 0 Å². The van der Waals surface area contributed by atoms with Crippen LogP contribution in [0, 0.1) is 5.82 Å². The third-order valence-corrected chi connectivity index (χ3v) is 7.44. The molecule has 0 spiro atoms. The minimum absolute atomic E-state index is 0. The Hall–Kier alpha value is -1.44. The number of rotatable bonds is 9. The van der Waals surface area contributed by atoms with E-state index in [1.807, 2.05) is 6.92 Å². The van der Waals surface area contributed by atoms with Gasteiger partial charge in [-0.1, -0.05) is 13.0 Å². The Morgan fingerprint density at radius 2 is 2.00 bits per heavy atom. The zero-order chi connectivity index (χ0) is 21.4. The van der Waals surface area contributed by atoms with Gasteiger partial charge in [-0.05, 0) is 30.7 Å². The van der Waals surface area contributed by atoms with E-state index in [-0.39, 0.29) is 35.9 Å². The lowest BCUT2D eigenvalue weighted by Crippen LogP contribution is -2.42. The van der Waals surface area contributed by atoms with E-state index in [4.69, 9.17) is 4.74 Å². The Bertz CT molecular complexity index is 935. The molecular formula is C19H28FIN4O3S2. The Balaban J connectivity index is 0.00000450. The van der Waals surface area contributed by atoms with Crippen molar-refractivity contribution < 1.29 is 17.5 Å². The lowest BCUT2D eigenvalue weighted by molar-refractivity contribution is 0.199. The molecule has 0 saturated carbocycles. The van der Waals surface area contributed by atoms with Gasteiger partial charge in [0.2, 0.25) is 0 Å². The molecule has 1 aromatic heterocycles. The number of guanidine groups is 1. The topological polar surface area (TPSA) is 83.0 Å². The number of ether oxygens (including phenoxy) is 1. The van der Waals surface area contributed by atoms with E-state index >= 15 is 0 Å². The van der Waals surface area contributed by atoms with Gasteiger partial charge in [-0.3, -0.25) is 4.99 Å². The van der Waals surface area contributed by atoms with E-state index in [0.717, 1.165) is 11.3 Å². The molecule has 11 heteroatoms. The Labute approximate surface area is 198 Å². The molecule has 0 saturated heterocycles. The van der Waals surface area contributed by atoms with E-state index in [0.29, 0.717) is 29.0 Å². The molecule has 1 unspecified atom stereocenters. The molecule has 0 aliphatic rings. The second-order valence-electron chi connectivity index (χ2n) is 6.42. The van der Waals surface area contributed by atoms with Crippen molar-refractivity contribution in [2.24, 2.45) is 4.99 Å². The molecule has 168 valence electrons. The van der Waals surface area contributed by atoms with E-state index in [2.05, 4.69) is 15.6 Å². The van der Waals surface area contributed by atoms with Gasteiger partial charge in [0.15, 0.2) is 5.96 Å².